The Labute approximate surface area is 161 Å². The number of nitrogens with zero attached hydrogens (tertiary/aromatic N) is 3. The van der Waals surface area contributed by atoms with E-state index in [1.165, 1.54) is 22.3 Å². The molecule has 1 aromatic heterocycles. The van der Waals surface area contributed by atoms with E-state index in [4.69, 9.17) is 4.99 Å². The fraction of sp³-hybridized carbons (Fsp3) is 0.273. The lowest BCUT2D eigenvalue weighted by Gasteiger charge is -2.12. The molecule has 3 aromatic rings. The van der Waals surface area contributed by atoms with Crippen molar-refractivity contribution in [2.24, 2.45) is 12.0 Å². The standard InChI is InChI=1S/C22H27N5/c1-4-23-22(25-16-21-11-12-26-27(21)3)24-15-18-8-6-10-20(14-18)19-9-5-7-17(2)13-19/h5-14H,4,15-16H2,1-3H3,(H2,23,24,25). The molecule has 27 heavy (non-hydrogen) atoms. The minimum atomic E-state index is 0.625. The Morgan fingerprint density at radius 2 is 1.81 bits per heavy atom. The highest BCUT2D eigenvalue weighted by Gasteiger charge is 2.03. The van der Waals surface area contributed by atoms with Crippen molar-refractivity contribution in [2.75, 3.05) is 6.54 Å². The minimum absolute atomic E-state index is 0.625. The Kier molecular flexibility index (Phi) is 6.26. The normalized spacial score (nSPS) is 11.4. The molecule has 140 valence electrons. The number of guanidine groups is 1. The maximum absolute atomic E-state index is 4.73. The first-order valence-corrected chi connectivity index (χ1v) is 9.30. The predicted octanol–water partition coefficient (Wildman–Crippen LogP) is 3.65. The van der Waals surface area contributed by atoms with E-state index in [1.54, 1.807) is 6.20 Å². The van der Waals surface area contributed by atoms with E-state index in [1.807, 2.05) is 17.8 Å². The summed E-state index contributed by atoms with van der Waals surface area (Å²) in [7, 11) is 1.94. The van der Waals surface area contributed by atoms with E-state index in [0.717, 1.165) is 18.2 Å². The molecule has 3 rings (SSSR count). The molecule has 5 heteroatoms. The second-order valence-corrected chi connectivity index (χ2v) is 6.56. The summed E-state index contributed by atoms with van der Waals surface area (Å²) in [6.45, 7) is 6.32. The molecule has 0 bridgehead atoms. The van der Waals surface area contributed by atoms with E-state index in [-0.39, 0.29) is 0 Å². The summed E-state index contributed by atoms with van der Waals surface area (Å²) in [5, 5.41) is 10.9. The van der Waals surface area contributed by atoms with Gasteiger partial charge in [-0.3, -0.25) is 4.68 Å². The SMILES string of the molecule is CCNC(=NCc1cccc(-c2cccc(C)c2)c1)NCc1ccnn1C. The third-order valence-electron chi connectivity index (χ3n) is 4.40. The van der Waals surface area contributed by atoms with Gasteiger partial charge in [0.05, 0.1) is 18.8 Å². The molecule has 0 saturated carbocycles. The van der Waals surface area contributed by atoms with Crippen LogP contribution >= 0.6 is 0 Å². The predicted molar refractivity (Wildman–Crippen MR) is 111 cm³/mol. The fourth-order valence-corrected chi connectivity index (χ4v) is 2.93. The average Bonchev–Trinajstić information content (AvgIpc) is 3.09. The highest BCUT2D eigenvalue weighted by atomic mass is 15.3. The lowest BCUT2D eigenvalue weighted by atomic mass is 10.0. The number of rotatable bonds is 6. The first kappa shape index (κ1) is 18.7. The molecule has 2 N–H and O–H groups in total. The van der Waals surface area contributed by atoms with E-state index in [9.17, 15) is 0 Å². The molecule has 0 aliphatic heterocycles. The first-order chi connectivity index (χ1) is 13.2. The van der Waals surface area contributed by atoms with Gasteiger partial charge in [0.25, 0.3) is 0 Å². The summed E-state index contributed by atoms with van der Waals surface area (Å²) in [6, 6.07) is 19.1. The molecule has 0 radical (unpaired) electrons. The molecule has 0 atom stereocenters. The van der Waals surface area contributed by atoms with Gasteiger partial charge in [0.1, 0.15) is 0 Å². The van der Waals surface area contributed by atoms with Gasteiger partial charge in [-0.25, -0.2) is 4.99 Å². The van der Waals surface area contributed by atoms with E-state index in [0.29, 0.717) is 13.1 Å². The summed E-state index contributed by atoms with van der Waals surface area (Å²) in [4.78, 5) is 4.73. The maximum Gasteiger partial charge on any atom is 0.191 e. The number of aromatic nitrogens is 2. The molecule has 0 unspecified atom stereocenters. The average molecular weight is 361 g/mol. The van der Waals surface area contributed by atoms with Crippen molar-refractivity contribution in [1.82, 2.24) is 20.4 Å². The van der Waals surface area contributed by atoms with Crippen LogP contribution in [0.25, 0.3) is 11.1 Å². The van der Waals surface area contributed by atoms with Crippen molar-refractivity contribution < 1.29 is 0 Å². The number of benzene rings is 2. The van der Waals surface area contributed by atoms with Crippen LogP contribution < -0.4 is 10.6 Å². The van der Waals surface area contributed by atoms with Crippen molar-refractivity contribution in [3.8, 4) is 11.1 Å². The highest BCUT2D eigenvalue weighted by Crippen LogP contribution is 2.21. The lowest BCUT2D eigenvalue weighted by molar-refractivity contribution is 0.685. The minimum Gasteiger partial charge on any atom is -0.357 e. The van der Waals surface area contributed by atoms with Crippen molar-refractivity contribution in [3.05, 3.63) is 77.6 Å². The Hall–Kier alpha value is -3.08. The van der Waals surface area contributed by atoms with Gasteiger partial charge in [-0.05, 0) is 42.7 Å². The van der Waals surface area contributed by atoms with E-state index in [2.05, 4.69) is 78.1 Å². The molecule has 5 nitrogen and oxygen atoms in total. The van der Waals surface area contributed by atoms with E-state index < -0.39 is 0 Å². The van der Waals surface area contributed by atoms with Crippen LogP contribution in [0.3, 0.4) is 0 Å². The molecule has 0 saturated heterocycles. The van der Waals surface area contributed by atoms with Gasteiger partial charge in [-0.15, -0.1) is 0 Å². The summed E-state index contributed by atoms with van der Waals surface area (Å²) in [6.07, 6.45) is 1.80. The van der Waals surface area contributed by atoms with Crippen molar-refractivity contribution in [2.45, 2.75) is 26.9 Å². The molecule has 0 amide bonds. The maximum atomic E-state index is 4.73. The van der Waals surface area contributed by atoms with Crippen molar-refractivity contribution in [1.29, 1.82) is 0 Å². The number of hydrogen-bond donors (Lipinski definition) is 2. The molecule has 0 aliphatic rings. The van der Waals surface area contributed by atoms with Gasteiger partial charge in [-0.2, -0.15) is 5.10 Å². The summed E-state index contributed by atoms with van der Waals surface area (Å²) < 4.78 is 1.86. The molecular weight excluding hydrogens is 334 g/mol. The Bertz CT molecular complexity index is 910. The van der Waals surface area contributed by atoms with Gasteiger partial charge < -0.3 is 10.6 Å². The zero-order chi connectivity index (χ0) is 19.1. The third-order valence-corrected chi connectivity index (χ3v) is 4.40. The molecule has 0 spiro atoms. The van der Waals surface area contributed by atoms with Gasteiger partial charge in [0.15, 0.2) is 5.96 Å². The van der Waals surface area contributed by atoms with Crippen LogP contribution in [-0.4, -0.2) is 22.3 Å². The molecule has 0 fully saturated rings. The summed E-state index contributed by atoms with van der Waals surface area (Å²) in [5.41, 5.74) is 6.03. The van der Waals surface area contributed by atoms with Gasteiger partial charge in [0, 0.05) is 19.8 Å². The van der Waals surface area contributed by atoms with Crippen molar-refractivity contribution in [3.63, 3.8) is 0 Å². The molecule has 0 aliphatic carbocycles. The fourth-order valence-electron chi connectivity index (χ4n) is 2.93. The number of aliphatic imine (C=N–C) groups is 1. The summed E-state index contributed by atoms with van der Waals surface area (Å²) in [5.74, 6) is 0.805. The zero-order valence-corrected chi connectivity index (χ0v) is 16.2. The Morgan fingerprint density at radius 3 is 2.52 bits per heavy atom. The monoisotopic (exact) mass is 361 g/mol. The van der Waals surface area contributed by atoms with Crippen LogP contribution in [0, 0.1) is 6.92 Å². The van der Waals surface area contributed by atoms with Crippen LogP contribution in [-0.2, 0) is 20.1 Å². The van der Waals surface area contributed by atoms with Crippen LogP contribution in [0.4, 0.5) is 0 Å². The molecular formula is C22H27N5. The van der Waals surface area contributed by atoms with Gasteiger partial charge in [0.2, 0.25) is 0 Å². The van der Waals surface area contributed by atoms with Gasteiger partial charge >= 0.3 is 0 Å². The van der Waals surface area contributed by atoms with E-state index >= 15 is 0 Å². The Morgan fingerprint density at radius 1 is 1.04 bits per heavy atom. The van der Waals surface area contributed by atoms with Crippen LogP contribution in [0.2, 0.25) is 0 Å². The second kappa shape index (κ2) is 9.03. The number of hydrogen-bond acceptors (Lipinski definition) is 2. The third kappa shape index (κ3) is 5.20. The molecule has 2 aromatic carbocycles. The largest absolute Gasteiger partial charge is 0.357 e. The second-order valence-electron chi connectivity index (χ2n) is 6.56. The smallest absolute Gasteiger partial charge is 0.191 e. The van der Waals surface area contributed by atoms with Crippen molar-refractivity contribution >= 4 is 5.96 Å². The first-order valence-electron chi connectivity index (χ1n) is 9.30. The van der Waals surface area contributed by atoms with Crippen LogP contribution in [0.1, 0.15) is 23.7 Å². The zero-order valence-electron chi connectivity index (χ0n) is 16.2. The highest BCUT2D eigenvalue weighted by molar-refractivity contribution is 5.79. The number of aryl methyl sites for hydroxylation is 2. The summed E-state index contributed by atoms with van der Waals surface area (Å²) >= 11 is 0. The molecule has 1 heterocycles. The van der Waals surface area contributed by atoms with Crippen LogP contribution in [0.15, 0.2) is 65.8 Å². The van der Waals surface area contributed by atoms with Gasteiger partial charge in [-0.1, -0.05) is 48.0 Å². The quantitative estimate of drug-likeness (QED) is 0.520. The lowest BCUT2D eigenvalue weighted by Crippen LogP contribution is -2.37. The van der Waals surface area contributed by atoms with Crippen LogP contribution in [0.5, 0.6) is 0 Å². The number of nitrogens with one attached hydrogen (secondary N) is 2. The Balaban J connectivity index is 1.70. The topological polar surface area (TPSA) is 54.2 Å².